The average Bonchev–Trinajstić information content (AvgIpc) is 2.89. The van der Waals surface area contributed by atoms with E-state index in [1.54, 1.807) is 19.3 Å². The summed E-state index contributed by atoms with van der Waals surface area (Å²) in [5.74, 6) is 0.979. The van der Waals surface area contributed by atoms with Gasteiger partial charge in [0.1, 0.15) is 11.5 Å². The maximum Gasteiger partial charge on any atom is 0.343 e. The zero-order chi connectivity index (χ0) is 15.5. The van der Waals surface area contributed by atoms with E-state index in [2.05, 4.69) is 15.9 Å². The summed E-state index contributed by atoms with van der Waals surface area (Å²) in [5.41, 5.74) is 2.30. The van der Waals surface area contributed by atoms with Crippen LogP contribution in [0.4, 0.5) is 0 Å². The van der Waals surface area contributed by atoms with Crippen molar-refractivity contribution in [3.05, 3.63) is 75.8 Å². The van der Waals surface area contributed by atoms with Crippen LogP contribution in [0.2, 0.25) is 0 Å². The van der Waals surface area contributed by atoms with Crippen molar-refractivity contribution in [2.75, 3.05) is 7.11 Å². The maximum absolute atomic E-state index is 12.0. The molecule has 2 aromatic carbocycles. The summed E-state index contributed by atoms with van der Waals surface area (Å²) in [6, 6.07) is 15.2. The third-order valence-electron chi connectivity index (χ3n) is 3.28. The van der Waals surface area contributed by atoms with Crippen LogP contribution in [0, 0.1) is 0 Å². The smallest absolute Gasteiger partial charge is 0.343 e. The zero-order valence-electron chi connectivity index (χ0n) is 11.9. The largest absolute Gasteiger partial charge is 0.496 e. The lowest BCUT2D eigenvalue weighted by Gasteiger charge is -2.03. The van der Waals surface area contributed by atoms with E-state index in [1.165, 1.54) is 0 Å². The number of cyclic esters (lactones) is 1. The number of esters is 1. The fourth-order valence-corrected chi connectivity index (χ4v) is 2.74. The Balaban J connectivity index is 1.92. The Morgan fingerprint density at radius 1 is 1.14 bits per heavy atom. The van der Waals surface area contributed by atoms with Crippen LogP contribution in [-0.2, 0) is 9.53 Å². The highest BCUT2D eigenvalue weighted by atomic mass is 79.9. The molecular formula is C18H13BrO3. The lowest BCUT2D eigenvalue weighted by atomic mass is 10.1. The highest BCUT2D eigenvalue weighted by Crippen LogP contribution is 2.30. The Bertz CT molecular complexity index is 776. The van der Waals surface area contributed by atoms with E-state index in [0.29, 0.717) is 11.3 Å². The van der Waals surface area contributed by atoms with E-state index in [0.717, 1.165) is 21.3 Å². The van der Waals surface area contributed by atoms with Gasteiger partial charge in [-0.05, 0) is 45.8 Å². The number of methoxy groups -OCH3 is 1. The summed E-state index contributed by atoms with van der Waals surface area (Å²) < 4.78 is 11.4. The Morgan fingerprint density at radius 3 is 2.59 bits per heavy atom. The van der Waals surface area contributed by atoms with Gasteiger partial charge in [0.25, 0.3) is 0 Å². The van der Waals surface area contributed by atoms with Gasteiger partial charge < -0.3 is 9.47 Å². The monoisotopic (exact) mass is 356 g/mol. The first-order valence-corrected chi connectivity index (χ1v) is 7.51. The molecule has 0 bridgehead atoms. The molecule has 0 saturated carbocycles. The molecule has 3 rings (SSSR count). The minimum Gasteiger partial charge on any atom is -0.496 e. The van der Waals surface area contributed by atoms with Gasteiger partial charge in [0.05, 0.1) is 17.2 Å². The van der Waals surface area contributed by atoms with Crippen LogP contribution in [0.5, 0.6) is 5.75 Å². The van der Waals surface area contributed by atoms with Crippen molar-refractivity contribution in [2.45, 2.75) is 0 Å². The van der Waals surface area contributed by atoms with E-state index in [4.69, 9.17) is 9.47 Å². The Kier molecular flexibility index (Phi) is 4.11. The number of carbonyl (C=O) groups excluding carboxylic acids is 1. The number of hydrogen-bond donors (Lipinski definition) is 0. The lowest BCUT2D eigenvalue weighted by molar-refractivity contribution is -0.130. The number of hydrogen-bond acceptors (Lipinski definition) is 3. The van der Waals surface area contributed by atoms with Crippen LogP contribution < -0.4 is 4.74 Å². The van der Waals surface area contributed by atoms with Crippen molar-refractivity contribution < 1.29 is 14.3 Å². The van der Waals surface area contributed by atoms with Gasteiger partial charge in [-0.1, -0.05) is 36.4 Å². The number of halogens is 1. The van der Waals surface area contributed by atoms with Crippen LogP contribution >= 0.6 is 15.9 Å². The molecule has 0 aliphatic carbocycles. The molecule has 0 saturated heterocycles. The molecule has 0 N–H and O–H groups in total. The van der Waals surface area contributed by atoms with Gasteiger partial charge in [-0.25, -0.2) is 4.79 Å². The number of ether oxygens (including phenoxy) is 2. The Morgan fingerprint density at radius 2 is 1.91 bits per heavy atom. The van der Waals surface area contributed by atoms with E-state index in [9.17, 15) is 4.79 Å². The fraction of sp³-hybridized carbons (Fsp3) is 0.0556. The summed E-state index contributed by atoms with van der Waals surface area (Å²) in [7, 11) is 1.61. The highest BCUT2D eigenvalue weighted by molar-refractivity contribution is 9.10. The fourth-order valence-electron chi connectivity index (χ4n) is 2.19. The second kappa shape index (κ2) is 6.20. The Hall–Kier alpha value is -2.33. The van der Waals surface area contributed by atoms with E-state index >= 15 is 0 Å². The summed E-state index contributed by atoms with van der Waals surface area (Å²) in [4.78, 5) is 12.0. The van der Waals surface area contributed by atoms with Crippen molar-refractivity contribution in [2.24, 2.45) is 0 Å². The second-order valence-corrected chi connectivity index (χ2v) is 5.61. The molecule has 4 heteroatoms. The normalized spacial score (nSPS) is 15.6. The molecule has 110 valence electrons. The molecule has 0 aromatic heterocycles. The molecular weight excluding hydrogens is 344 g/mol. The minimum absolute atomic E-state index is 0.342. The maximum atomic E-state index is 12.0. The van der Waals surface area contributed by atoms with Crippen LogP contribution in [0.15, 0.2) is 64.7 Å². The molecule has 1 aliphatic heterocycles. The van der Waals surface area contributed by atoms with Crippen molar-refractivity contribution in [1.82, 2.24) is 0 Å². The predicted octanol–water partition coefficient (Wildman–Crippen LogP) is 4.44. The van der Waals surface area contributed by atoms with Crippen LogP contribution in [0.3, 0.4) is 0 Å². The first-order valence-electron chi connectivity index (χ1n) is 6.72. The van der Waals surface area contributed by atoms with Gasteiger partial charge >= 0.3 is 5.97 Å². The topological polar surface area (TPSA) is 35.5 Å². The average molecular weight is 357 g/mol. The minimum atomic E-state index is -0.342. The molecule has 0 unspecified atom stereocenters. The van der Waals surface area contributed by atoms with Crippen LogP contribution in [0.1, 0.15) is 11.1 Å². The van der Waals surface area contributed by atoms with Gasteiger partial charge in [-0.3, -0.25) is 0 Å². The van der Waals surface area contributed by atoms with Crippen molar-refractivity contribution in [3.8, 4) is 5.75 Å². The number of carbonyl (C=O) groups is 1. The first kappa shape index (κ1) is 14.6. The van der Waals surface area contributed by atoms with Crippen molar-refractivity contribution in [1.29, 1.82) is 0 Å². The number of rotatable bonds is 3. The Labute approximate surface area is 137 Å². The predicted molar refractivity (Wildman–Crippen MR) is 89.2 cm³/mol. The molecule has 0 fully saturated rings. The van der Waals surface area contributed by atoms with Crippen LogP contribution in [-0.4, -0.2) is 13.1 Å². The quantitative estimate of drug-likeness (QED) is 0.602. The van der Waals surface area contributed by atoms with E-state index < -0.39 is 0 Å². The molecule has 0 amide bonds. The highest BCUT2D eigenvalue weighted by Gasteiger charge is 2.21. The van der Waals surface area contributed by atoms with Gasteiger partial charge in [-0.2, -0.15) is 0 Å². The third-order valence-corrected chi connectivity index (χ3v) is 3.90. The van der Waals surface area contributed by atoms with Crippen LogP contribution in [0.25, 0.3) is 11.8 Å². The molecule has 0 atom stereocenters. The van der Waals surface area contributed by atoms with Gasteiger partial charge in [-0.15, -0.1) is 0 Å². The third kappa shape index (κ3) is 2.97. The van der Waals surface area contributed by atoms with Gasteiger partial charge in [0.2, 0.25) is 0 Å². The summed E-state index contributed by atoms with van der Waals surface area (Å²) in [6.07, 6.45) is 3.55. The zero-order valence-corrected chi connectivity index (χ0v) is 13.5. The second-order valence-electron chi connectivity index (χ2n) is 4.76. The van der Waals surface area contributed by atoms with Gasteiger partial charge in [0, 0.05) is 5.56 Å². The SMILES string of the molecule is COc1ccc(/C=C2\C=C(c3ccccc3)OC2=O)cc1Br. The summed E-state index contributed by atoms with van der Waals surface area (Å²) in [6.45, 7) is 0. The number of benzene rings is 2. The molecule has 2 aromatic rings. The van der Waals surface area contributed by atoms with Gasteiger partial charge in [0.15, 0.2) is 0 Å². The molecule has 1 heterocycles. The molecule has 3 nitrogen and oxygen atoms in total. The standard InChI is InChI=1S/C18H13BrO3/c1-21-16-8-7-12(10-15(16)19)9-14-11-17(22-18(14)20)13-5-3-2-4-6-13/h2-11H,1H3/b14-9+. The van der Waals surface area contributed by atoms with Crippen molar-refractivity contribution in [3.63, 3.8) is 0 Å². The summed E-state index contributed by atoms with van der Waals surface area (Å²) in [5, 5.41) is 0. The molecule has 1 aliphatic rings. The van der Waals surface area contributed by atoms with Crippen molar-refractivity contribution >= 4 is 33.7 Å². The lowest BCUT2D eigenvalue weighted by Crippen LogP contribution is -1.97. The van der Waals surface area contributed by atoms with E-state index in [-0.39, 0.29) is 5.97 Å². The molecule has 22 heavy (non-hydrogen) atoms. The first-order chi connectivity index (χ1) is 10.7. The summed E-state index contributed by atoms with van der Waals surface area (Å²) >= 11 is 3.43. The molecule has 0 spiro atoms. The van der Waals surface area contributed by atoms with E-state index in [1.807, 2.05) is 48.5 Å². The molecule has 0 radical (unpaired) electrons.